The maximum absolute atomic E-state index is 5.24. The average Bonchev–Trinajstić information content (AvgIpc) is 2.83. The number of nitrogens with zero attached hydrogens (tertiary/aromatic N) is 1. The molecule has 0 bridgehead atoms. The molecule has 84 valence electrons. The summed E-state index contributed by atoms with van der Waals surface area (Å²) in [5, 5.41) is 3.77. The molecule has 2 aromatic rings. The van der Waals surface area contributed by atoms with Crippen molar-refractivity contribution in [3.63, 3.8) is 0 Å². The highest BCUT2D eigenvalue weighted by atomic mass is 16.5. The predicted molar refractivity (Wildman–Crippen MR) is 65.3 cm³/mol. The van der Waals surface area contributed by atoms with Crippen LogP contribution >= 0.6 is 0 Å². The van der Waals surface area contributed by atoms with E-state index in [9.17, 15) is 0 Å². The van der Waals surface area contributed by atoms with Crippen LogP contribution in [0.15, 0.2) is 41.1 Å². The summed E-state index contributed by atoms with van der Waals surface area (Å²) in [6.45, 7) is 4.48. The van der Waals surface area contributed by atoms with E-state index in [0.29, 0.717) is 5.92 Å². The summed E-state index contributed by atoms with van der Waals surface area (Å²) in [6, 6.07) is 10.3. The lowest BCUT2D eigenvalue weighted by Crippen LogP contribution is -1.95. The summed E-state index contributed by atoms with van der Waals surface area (Å²) in [5.41, 5.74) is 2.52. The summed E-state index contributed by atoms with van der Waals surface area (Å²) >= 11 is 0. The zero-order chi connectivity index (χ0) is 11.4. The quantitative estimate of drug-likeness (QED) is 0.762. The molecule has 0 aliphatic heterocycles. The second kappa shape index (κ2) is 4.97. The summed E-state index contributed by atoms with van der Waals surface area (Å²) in [6.07, 6.45) is 4.09. The van der Waals surface area contributed by atoms with Gasteiger partial charge in [0.2, 0.25) is 0 Å². The van der Waals surface area contributed by atoms with Gasteiger partial charge in [-0.15, -0.1) is 0 Å². The van der Waals surface area contributed by atoms with Gasteiger partial charge in [0.05, 0.1) is 6.20 Å². The van der Waals surface area contributed by atoms with Crippen LogP contribution in [0.4, 0.5) is 0 Å². The molecule has 0 aliphatic carbocycles. The highest BCUT2D eigenvalue weighted by Crippen LogP contribution is 2.31. The molecule has 1 atom stereocenters. The van der Waals surface area contributed by atoms with Crippen LogP contribution in [0.25, 0.3) is 11.3 Å². The van der Waals surface area contributed by atoms with E-state index >= 15 is 0 Å². The molecule has 2 nitrogen and oxygen atoms in total. The van der Waals surface area contributed by atoms with Crippen LogP contribution in [0.1, 0.15) is 38.2 Å². The predicted octanol–water partition coefficient (Wildman–Crippen LogP) is 4.25. The Morgan fingerprint density at radius 2 is 2.06 bits per heavy atom. The van der Waals surface area contributed by atoms with E-state index in [2.05, 4.69) is 37.2 Å². The van der Waals surface area contributed by atoms with Crippen molar-refractivity contribution in [3.05, 3.63) is 42.1 Å². The first-order chi connectivity index (χ1) is 7.83. The fraction of sp³-hybridized carbons (Fsp3) is 0.357. The summed E-state index contributed by atoms with van der Waals surface area (Å²) in [4.78, 5) is 0. The molecule has 0 radical (unpaired) electrons. The van der Waals surface area contributed by atoms with Crippen molar-refractivity contribution in [3.8, 4) is 11.3 Å². The van der Waals surface area contributed by atoms with Gasteiger partial charge >= 0.3 is 0 Å². The molecule has 0 saturated heterocycles. The van der Waals surface area contributed by atoms with Gasteiger partial charge in [-0.05, 0) is 17.9 Å². The van der Waals surface area contributed by atoms with Crippen molar-refractivity contribution in [1.82, 2.24) is 5.16 Å². The molecule has 2 heteroatoms. The van der Waals surface area contributed by atoms with Crippen LogP contribution in [0.2, 0.25) is 0 Å². The molecular weight excluding hydrogens is 198 g/mol. The van der Waals surface area contributed by atoms with E-state index in [4.69, 9.17) is 4.52 Å². The zero-order valence-electron chi connectivity index (χ0n) is 9.81. The zero-order valence-corrected chi connectivity index (χ0v) is 9.81. The van der Waals surface area contributed by atoms with E-state index in [1.807, 2.05) is 12.1 Å². The van der Waals surface area contributed by atoms with Crippen molar-refractivity contribution in [1.29, 1.82) is 0 Å². The van der Waals surface area contributed by atoms with Crippen molar-refractivity contribution in [2.45, 2.75) is 32.6 Å². The minimum absolute atomic E-state index is 0.561. The Morgan fingerprint density at radius 3 is 2.75 bits per heavy atom. The molecule has 1 heterocycles. The molecule has 0 fully saturated rings. The first-order valence-electron chi connectivity index (χ1n) is 5.83. The Morgan fingerprint density at radius 1 is 1.25 bits per heavy atom. The summed E-state index contributed by atoms with van der Waals surface area (Å²) in [5.74, 6) is 1.42. The molecule has 2 rings (SSSR count). The summed E-state index contributed by atoms with van der Waals surface area (Å²) in [7, 11) is 0. The van der Waals surface area contributed by atoms with Crippen molar-refractivity contribution in [2.24, 2.45) is 0 Å². The first kappa shape index (κ1) is 10.9. The molecular formula is C14H17NO. The topological polar surface area (TPSA) is 26.0 Å². The van der Waals surface area contributed by atoms with Gasteiger partial charge in [0.15, 0.2) is 5.76 Å². The van der Waals surface area contributed by atoms with Crippen LogP contribution < -0.4 is 0 Å². The minimum Gasteiger partial charge on any atom is -0.356 e. The summed E-state index contributed by atoms with van der Waals surface area (Å²) < 4.78 is 5.24. The van der Waals surface area contributed by atoms with Gasteiger partial charge in [-0.3, -0.25) is 0 Å². The number of hydrogen-bond donors (Lipinski definition) is 0. The van der Waals surface area contributed by atoms with Gasteiger partial charge in [-0.2, -0.15) is 0 Å². The smallest absolute Gasteiger partial charge is 0.167 e. The first-order valence-corrected chi connectivity index (χ1v) is 5.83. The highest BCUT2D eigenvalue weighted by Gasteiger charge is 2.12. The van der Waals surface area contributed by atoms with E-state index < -0.39 is 0 Å². The molecule has 1 aromatic heterocycles. The van der Waals surface area contributed by atoms with Crippen LogP contribution in [-0.2, 0) is 0 Å². The fourth-order valence-corrected chi connectivity index (χ4v) is 2.09. The van der Waals surface area contributed by atoms with E-state index in [-0.39, 0.29) is 0 Å². The fourth-order valence-electron chi connectivity index (χ4n) is 2.09. The van der Waals surface area contributed by atoms with Crippen molar-refractivity contribution in [2.75, 3.05) is 0 Å². The second-order valence-electron chi connectivity index (χ2n) is 4.15. The number of aromatic nitrogens is 1. The maximum Gasteiger partial charge on any atom is 0.167 e. The lowest BCUT2D eigenvalue weighted by Gasteiger charge is -2.13. The van der Waals surface area contributed by atoms with Crippen molar-refractivity contribution >= 4 is 0 Å². The number of rotatable bonds is 4. The molecule has 0 saturated carbocycles. The molecule has 1 unspecified atom stereocenters. The lowest BCUT2D eigenvalue weighted by molar-refractivity contribution is 0.431. The normalized spacial score (nSPS) is 12.6. The molecule has 0 spiro atoms. The standard InChI is InChI=1S/C14H17NO/c1-3-6-11(2)12-7-4-5-8-13(12)14-9-10-15-16-14/h4-5,7-11H,3,6H2,1-2H3. The maximum atomic E-state index is 5.24. The van der Waals surface area contributed by atoms with Gasteiger partial charge in [-0.1, -0.05) is 49.7 Å². The largest absolute Gasteiger partial charge is 0.356 e. The monoisotopic (exact) mass is 215 g/mol. The Hall–Kier alpha value is -1.57. The van der Waals surface area contributed by atoms with E-state index in [0.717, 1.165) is 5.76 Å². The Bertz CT molecular complexity index is 434. The van der Waals surface area contributed by atoms with Crippen LogP contribution in [-0.4, -0.2) is 5.16 Å². The third-order valence-electron chi connectivity index (χ3n) is 2.92. The molecule has 0 aliphatic rings. The Balaban J connectivity index is 2.38. The number of hydrogen-bond acceptors (Lipinski definition) is 2. The van der Waals surface area contributed by atoms with Crippen LogP contribution in [0.3, 0.4) is 0 Å². The van der Waals surface area contributed by atoms with Crippen LogP contribution in [0, 0.1) is 0 Å². The minimum atomic E-state index is 0.561. The van der Waals surface area contributed by atoms with E-state index in [1.54, 1.807) is 6.20 Å². The number of benzene rings is 1. The third-order valence-corrected chi connectivity index (χ3v) is 2.92. The third kappa shape index (κ3) is 2.16. The van der Waals surface area contributed by atoms with Gasteiger partial charge in [0.1, 0.15) is 0 Å². The molecule has 0 amide bonds. The Labute approximate surface area is 96.3 Å². The Kier molecular flexibility index (Phi) is 3.40. The van der Waals surface area contributed by atoms with Gasteiger partial charge in [-0.25, -0.2) is 0 Å². The van der Waals surface area contributed by atoms with E-state index in [1.165, 1.54) is 24.0 Å². The highest BCUT2D eigenvalue weighted by molar-refractivity contribution is 5.62. The van der Waals surface area contributed by atoms with Gasteiger partial charge in [0, 0.05) is 11.6 Å². The second-order valence-corrected chi connectivity index (χ2v) is 4.15. The SMILES string of the molecule is CCCC(C)c1ccccc1-c1ccno1. The van der Waals surface area contributed by atoms with Gasteiger partial charge in [0.25, 0.3) is 0 Å². The van der Waals surface area contributed by atoms with Crippen molar-refractivity contribution < 1.29 is 4.52 Å². The van der Waals surface area contributed by atoms with Crippen LogP contribution in [0.5, 0.6) is 0 Å². The molecule has 16 heavy (non-hydrogen) atoms. The van der Waals surface area contributed by atoms with Gasteiger partial charge < -0.3 is 4.52 Å². The lowest BCUT2D eigenvalue weighted by atomic mass is 9.91. The average molecular weight is 215 g/mol. The molecule has 1 aromatic carbocycles. The molecule has 0 N–H and O–H groups in total.